The first kappa shape index (κ1) is 20.8. The molecule has 0 saturated heterocycles. The molecule has 2 unspecified atom stereocenters. The number of nitrogens with zero attached hydrogens (tertiary/aromatic N) is 6. The summed E-state index contributed by atoms with van der Waals surface area (Å²) in [4.78, 5) is 13.3. The lowest BCUT2D eigenvalue weighted by Gasteiger charge is -2.14. The highest BCUT2D eigenvalue weighted by Crippen LogP contribution is 2.37. The standard InChI is InChI=1S/C24H20N7OPS/c1-13(18-8-15-4-2-3-5-30(15)22(18)19-10-34-12-28-19)31-24-20(23(25)26-11-27-24)21(29-31)14-6-16(32)9-17(33)7-14/h2-13,32H,33H2,1H3,(H2,25,26,27). The van der Waals surface area contributed by atoms with E-state index in [1.54, 1.807) is 23.5 Å². The van der Waals surface area contributed by atoms with E-state index in [1.165, 1.54) is 6.33 Å². The molecule has 0 bridgehead atoms. The summed E-state index contributed by atoms with van der Waals surface area (Å²) in [5, 5.41) is 18.7. The normalized spacial score (nSPS) is 12.5. The van der Waals surface area contributed by atoms with Crippen LogP contribution in [0.5, 0.6) is 5.75 Å². The number of rotatable bonds is 4. The van der Waals surface area contributed by atoms with E-state index in [4.69, 9.17) is 10.8 Å². The SMILES string of the molecule is CC(c1cc2ccccn2c1-c1cscn1)n1nc(-c2cc(O)cc(P)c2)c2c(N)ncnc21. The fourth-order valence-corrected chi connectivity index (χ4v) is 5.32. The number of pyridine rings is 1. The van der Waals surface area contributed by atoms with Crippen molar-refractivity contribution < 1.29 is 5.11 Å². The van der Waals surface area contributed by atoms with Crippen molar-refractivity contribution in [2.24, 2.45) is 0 Å². The number of fused-ring (bicyclic) bond motifs is 2. The van der Waals surface area contributed by atoms with Gasteiger partial charge in [-0.05, 0) is 48.6 Å². The van der Waals surface area contributed by atoms with E-state index in [1.807, 2.05) is 40.0 Å². The van der Waals surface area contributed by atoms with Crippen LogP contribution in [0, 0.1) is 0 Å². The highest BCUT2D eigenvalue weighted by Gasteiger charge is 2.25. The molecule has 1 aromatic carbocycles. The minimum Gasteiger partial charge on any atom is -0.508 e. The predicted molar refractivity (Wildman–Crippen MR) is 138 cm³/mol. The van der Waals surface area contributed by atoms with Crippen LogP contribution < -0.4 is 11.0 Å². The Hall–Kier alpha value is -3.81. The van der Waals surface area contributed by atoms with Gasteiger partial charge >= 0.3 is 0 Å². The average molecular weight is 486 g/mol. The van der Waals surface area contributed by atoms with Crippen molar-refractivity contribution in [2.75, 3.05) is 5.73 Å². The van der Waals surface area contributed by atoms with Gasteiger partial charge in [-0.2, -0.15) is 5.10 Å². The van der Waals surface area contributed by atoms with Crippen LogP contribution in [0.3, 0.4) is 0 Å². The van der Waals surface area contributed by atoms with Crippen LogP contribution in [-0.4, -0.2) is 34.2 Å². The van der Waals surface area contributed by atoms with Gasteiger partial charge in [-0.15, -0.1) is 20.6 Å². The third-order valence-electron chi connectivity index (χ3n) is 5.93. The Balaban J connectivity index is 1.61. The van der Waals surface area contributed by atoms with Crippen molar-refractivity contribution >= 4 is 48.2 Å². The summed E-state index contributed by atoms with van der Waals surface area (Å²) in [5.74, 6) is 0.493. The molecule has 34 heavy (non-hydrogen) atoms. The van der Waals surface area contributed by atoms with E-state index in [2.05, 4.69) is 47.6 Å². The average Bonchev–Trinajstić information content (AvgIpc) is 3.55. The van der Waals surface area contributed by atoms with E-state index in [-0.39, 0.29) is 11.8 Å². The number of thiazole rings is 1. The van der Waals surface area contributed by atoms with Gasteiger partial charge in [0.25, 0.3) is 0 Å². The lowest BCUT2D eigenvalue weighted by molar-refractivity contribution is 0.476. The number of hydrogen-bond donors (Lipinski definition) is 2. The highest BCUT2D eigenvalue weighted by atomic mass is 32.1. The first-order valence-corrected chi connectivity index (χ1v) is 12.1. The Labute approximate surface area is 201 Å². The first-order valence-electron chi connectivity index (χ1n) is 10.6. The van der Waals surface area contributed by atoms with E-state index in [0.29, 0.717) is 22.5 Å². The number of phenolic OH excluding ortho intramolecular Hbond substituents is 1. The minimum absolute atomic E-state index is 0.151. The van der Waals surface area contributed by atoms with Gasteiger partial charge in [-0.3, -0.25) is 0 Å². The van der Waals surface area contributed by atoms with Crippen LogP contribution in [0.4, 0.5) is 5.82 Å². The van der Waals surface area contributed by atoms with Crippen LogP contribution in [-0.2, 0) is 0 Å². The molecule has 8 nitrogen and oxygen atoms in total. The summed E-state index contributed by atoms with van der Waals surface area (Å²) in [6.07, 6.45) is 3.49. The monoisotopic (exact) mass is 485 g/mol. The summed E-state index contributed by atoms with van der Waals surface area (Å²) in [6, 6.07) is 13.3. The molecule has 5 heterocycles. The molecule has 0 fully saturated rings. The molecule has 0 amide bonds. The number of phenols is 1. The predicted octanol–water partition coefficient (Wildman–Crippen LogP) is 4.27. The molecule has 3 N–H and O–H groups in total. The topological polar surface area (TPSA) is 107 Å². The Morgan fingerprint density at radius 1 is 1.12 bits per heavy atom. The molecule has 10 heteroatoms. The molecule has 5 aromatic heterocycles. The molecule has 2 atom stereocenters. The maximum Gasteiger partial charge on any atom is 0.164 e. The largest absolute Gasteiger partial charge is 0.508 e. The van der Waals surface area contributed by atoms with Crippen LogP contribution in [0.25, 0.3) is 39.2 Å². The Kier molecular flexibility index (Phi) is 4.83. The molecule has 6 aromatic rings. The zero-order valence-corrected chi connectivity index (χ0v) is 20.1. The van der Waals surface area contributed by atoms with Gasteiger partial charge in [0, 0.05) is 28.2 Å². The molecule has 0 aliphatic heterocycles. The van der Waals surface area contributed by atoms with Crippen LogP contribution in [0.2, 0.25) is 0 Å². The maximum atomic E-state index is 10.2. The fourth-order valence-electron chi connectivity index (χ4n) is 4.43. The molecule has 6 rings (SSSR count). The number of anilines is 1. The summed E-state index contributed by atoms with van der Waals surface area (Å²) in [7, 11) is 2.60. The number of nitrogens with two attached hydrogens (primary N) is 1. The molecule has 0 spiro atoms. The third-order valence-corrected chi connectivity index (χ3v) is 6.85. The summed E-state index contributed by atoms with van der Waals surface area (Å²) >= 11 is 1.56. The number of benzene rings is 1. The van der Waals surface area contributed by atoms with Gasteiger partial charge in [-0.1, -0.05) is 6.07 Å². The number of aromatic nitrogens is 6. The van der Waals surface area contributed by atoms with E-state index < -0.39 is 0 Å². The highest BCUT2D eigenvalue weighted by molar-refractivity contribution is 7.27. The van der Waals surface area contributed by atoms with Crippen LogP contribution in [0.1, 0.15) is 18.5 Å². The van der Waals surface area contributed by atoms with Gasteiger partial charge in [0.2, 0.25) is 0 Å². The Morgan fingerprint density at radius 3 is 2.79 bits per heavy atom. The quantitative estimate of drug-likeness (QED) is 0.361. The van der Waals surface area contributed by atoms with Crippen molar-refractivity contribution in [2.45, 2.75) is 13.0 Å². The second-order valence-corrected chi connectivity index (χ2v) is 9.44. The van der Waals surface area contributed by atoms with Gasteiger partial charge in [0.1, 0.15) is 23.6 Å². The molecule has 168 valence electrons. The molecule has 0 saturated carbocycles. The number of nitrogen functional groups attached to an aromatic ring is 1. The van der Waals surface area contributed by atoms with E-state index in [0.717, 1.165) is 33.3 Å². The maximum absolute atomic E-state index is 10.2. The smallest absolute Gasteiger partial charge is 0.164 e. The minimum atomic E-state index is -0.185. The van der Waals surface area contributed by atoms with Crippen LogP contribution in [0.15, 0.2) is 65.9 Å². The van der Waals surface area contributed by atoms with Crippen molar-refractivity contribution in [3.63, 3.8) is 0 Å². The molecular weight excluding hydrogens is 465 g/mol. The van der Waals surface area contributed by atoms with Gasteiger partial charge in [0.15, 0.2) is 5.65 Å². The van der Waals surface area contributed by atoms with Gasteiger partial charge in [-0.25, -0.2) is 19.6 Å². The molecule has 0 aliphatic carbocycles. The van der Waals surface area contributed by atoms with Crippen molar-refractivity contribution in [3.05, 3.63) is 71.4 Å². The molecular formula is C24H20N7OPS. The van der Waals surface area contributed by atoms with E-state index >= 15 is 0 Å². The summed E-state index contributed by atoms with van der Waals surface area (Å²) < 4.78 is 4.02. The second kappa shape index (κ2) is 7.90. The van der Waals surface area contributed by atoms with E-state index in [9.17, 15) is 5.11 Å². The van der Waals surface area contributed by atoms with Crippen molar-refractivity contribution in [3.8, 4) is 28.4 Å². The fraction of sp³-hybridized carbons (Fsp3) is 0.0833. The third kappa shape index (κ3) is 3.24. The van der Waals surface area contributed by atoms with Gasteiger partial charge in [0.05, 0.1) is 28.3 Å². The van der Waals surface area contributed by atoms with Crippen molar-refractivity contribution in [1.29, 1.82) is 0 Å². The van der Waals surface area contributed by atoms with Crippen LogP contribution >= 0.6 is 20.6 Å². The zero-order chi connectivity index (χ0) is 23.4. The zero-order valence-electron chi connectivity index (χ0n) is 18.1. The second-order valence-electron chi connectivity index (χ2n) is 8.06. The Bertz CT molecular complexity index is 1650. The molecule has 0 radical (unpaired) electrons. The number of aromatic hydroxyl groups is 1. The lowest BCUT2D eigenvalue weighted by atomic mass is 10.1. The van der Waals surface area contributed by atoms with Crippen molar-refractivity contribution in [1.82, 2.24) is 29.1 Å². The lowest BCUT2D eigenvalue weighted by Crippen LogP contribution is -2.10. The summed E-state index contributed by atoms with van der Waals surface area (Å²) in [6.45, 7) is 2.09. The van der Waals surface area contributed by atoms with Gasteiger partial charge < -0.3 is 15.2 Å². The Morgan fingerprint density at radius 2 is 2.00 bits per heavy atom. The molecule has 0 aliphatic rings. The summed E-state index contributed by atoms with van der Waals surface area (Å²) in [5.41, 5.74) is 14.2. The first-order chi connectivity index (χ1) is 16.5. The number of hydrogen-bond acceptors (Lipinski definition) is 7.